The lowest BCUT2D eigenvalue weighted by molar-refractivity contribution is -0.889. The molecule has 0 aliphatic rings. The second-order valence-corrected chi connectivity index (χ2v) is 15.2. The molecule has 0 N–H and O–H groups in total. The summed E-state index contributed by atoms with van der Waals surface area (Å²) in [6.07, 6.45) is 54.1. The summed E-state index contributed by atoms with van der Waals surface area (Å²) < 4.78 is 17.1. The van der Waals surface area contributed by atoms with Crippen molar-refractivity contribution in [3.05, 3.63) is 109 Å². The van der Waals surface area contributed by atoms with Crippen molar-refractivity contribution in [2.45, 2.75) is 148 Å². The van der Waals surface area contributed by atoms with Gasteiger partial charge in [0.25, 0.3) is 0 Å². The summed E-state index contributed by atoms with van der Waals surface area (Å²) in [5, 5.41) is 11.6. The number of unbranched alkanes of at least 4 members (excludes halogenated alkanes) is 7. The average Bonchev–Trinajstić information content (AvgIpc) is 3.18. The molecule has 0 aromatic heterocycles. The Morgan fingerprint density at radius 1 is 0.534 bits per heavy atom. The van der Waals surface area contributed by atoms with Gasteiger partial charge < -0.3 is 28.6 Å². The molecule has 0 amide bonds. The Morgan fingerprint density at radius 2 is 1.03 bits per heavy atom. The molecule has 8 heteroatoms. The fraction of sp³-hybridized carbons (Fsp3) is 0.580. The van der Waals surface area contributed by atoms with Gasteiger partial charge in [-0.2, -0.15) is 0 Å². The Hall–Kier alpha value is -4.01. The van der Waals surface area contributed by atoms with Crippen LogP contribution in [0.1, 0.15) is 136 Å². The third kappa shape index (κ3) is 37.6. The Morgan fingerprint density at radius 3 is 1.57 bits per heavy atom. The summed E-state index contributed by atoms with van der Waals surface area (Å²) in [5.74, 6) is -1.88. The summed E-state index contributed by atoms with van der Waals surface area (Å²) in [6, 6.07) is -0.745. The van der Waals surface area contributed by atoms with Crippen molar-refractivity contribution in [1.29, 1.82) is 0 Å². The first-order valence-electron chi connectivity index (χ1n) is 21.9. The molecule has 0 bridgehead atoms. The maximum atomic E-state index is 12.7. The molecule has 58 heavy (non-hydrogen) atoms. The third-order valence-corrected chi connectivity index (χ3v) is 8.98. The number of carbonyl (C=O) groups excluding carboxylic acids is 3. The zero-order valence-electron chi connectivity index (χ0n) is 36.9. The van der Waals surface area contributed by atoms with Crippen LogP contribution in [0, 0.1) is 0 Å². The van der Waals surface area contributed by atoms with Gasteiger partial charge in [-0.3, -0.25) is 9.59 Å². The lowest BCUT2D eigenvalue weighted by Crippen LogP contribution is -2.55. The van der Waals surface area contributed by atoms with E-state index in [9.17, 15) is 19.5 Å². The van der Waals surface area contributed by atoms with Gasteiger partial charge in [0.15, 0.2) is 6.10 Å². The maximum absolute atomic E-state index is 12.7. The smallest absolute Gasteiger partial charge is 0.306 e. The summed E-state index contributed by atoms with van der Waals surface area (Å²) in [5.41, 5.74) is 0. The van der Waals surface area contributed by atoms with E-state index in [1.807, 2.05) is 12.2 Å². The number of nitrogens with zero attached hydrogens (tertiary/aromatic N) is 1. The molecule has 8 nitrogen and oxygen atoms in total. The number of carbonyl (C=O) groups is 3. The van der Waals surface area contributed by atoms with Crippen LogP contribution in [0.3, 0.4) is 0 Å². The first-order valence-corrected chi connectivity index (χ1v) is 21.9. The molecular weight excluding hydrogens is 727 g/mol. The Balaban J connectivity index is 4.51. The topological polar surface area (TPSA) is 102 Å². The number of aliphatic carboxylic acids is 1. The van der Waals surface area contributed by atoms with E-state index in [4.69, 9.17) is 14.2 Å². The van der Waals surface area contributed by atoms with Gasteiger partial charge in [-0.15, -0.1) is 0 Å². The number of hydrogen-bond donors (Lipinski definition) is 0. The highest BCUT2D eigenvalue weighted by molar-refractivity contribution is 5.70. The third-order valence-electron chi connectivity index (χ3n) is 8.98. The number of ether oxygens (including phenoxy) is 3. The number of quaternary nitrogens is 1. The summed E-state index contributed by atoms with van der Waals surface area (Å²) in [7, 11) is 5.36. The number of allylic oxidation sites excluding steroid dienone is 18. The summed E-state index contributed by atoms with van der Waals surface area (Å²) >= 11 is 0. The molecule has 0 aromatic rings. The predicted octanol–water partition coefficient (Wildman–Crippen LogP) is 10.7. The number of rotatable bonds is 37. The van der Waals surface area contributed by atoms with E-state index in [-0.39, 0.29) is 55.5 Å². The van der Waals surface area contributed by atoms with Crippen molar-refractivity contribution in [3.63, 3.8) is 0 Å². The average molecular weight is 806 g/mol. The first-order chi connectivity index (χ1) is 28.1. The highest BCUT2D eigenvalue weighted by Gasteiger charge is 2.25. The molecule has 0 radical (unpaired) electrons. The zero-order valence-corrected chi connectivity index (χ0v) is 36.9. The molecule has 0 saturated heterocycles. The van der Waals surface area contributed by atoms with Crippen LogP contribution in [0.2, 0.25) is 0 Å². The minimum atomic E-state index is -1.14. The first kappa shape index (κ1) is 54.0. The zero-order chi connectivity index (χ0) is 42.8. The van der Waals surface area contributed by atoms with Gasteiger partial charge >= 0.3 is 11.9 Å². The molecule has 0 aliphatic carbocycles. The quantitative estimate of drug-likeness (QED) is 0.0203. The van der Waals surface area contributed by atoms with Crippen LogP contribution in [0.4, 0.5) is 0 Å². The molecule has 2 atom stereocenters. The minimum Gasteiger partial charge on any atom is -0.544 e. The number of carboxylic acids is 1. The molecular formula is C50H79NO7. The fourth-order valence-electron chi connectivity index (χ4n) is 5.62. The lowest BCUT2D eigenvalue weighted by Gasteiger charge is -2.34. The van der Waals surface area contributed by atoms with Gasteiger partial charge in [0.1, 0.15) is 12.6 Å². The Labute approximate surface area is 353 Å². The fourth-order valence-corrected chi connectivity index (χ4v) is 5.62. The van der Waals surface area contributed by atoms with Crippen LogP contribution in [0.5, 0.6) is 0 Å². The van der Waals surface area contributed by atoms with E-state index in [2.05, 4.69) is 111 Å². The standard InChI is InChI=1S/C50H79NO7/c1-6-8-10-12-14-16-18-20-22-23-24-25-27-28-30-32-34-36-38-40-48(52)57-45-46(44-56-43-42-47(50(54)55)51(3,4)5)58-49(53)41-39-37-35-33-31-29-26-21-19-17-15-13-11-9-7-2/h8-11,13-17,19-20,22,24-25,28,30,34,36,46-47H,6-7,12,18,21,23,26-27,29,31-33,35,37-45H2,1-5H3/b10-8+,11-9+,15-13+,16-14+,19-17+,22-20+,25-24+,30-28+,36-34+. The van der Waals surface area contributed by atoms with Gasteiger partial charge in [0.05, 0.1) is 40.3 Å². The monoisotopic (exact) mass is 806 g/mol. The van der Waals surface area contributed by atoms with Crippen molar-refractivity contribution < 1.29 is 38.2 Å². The normalized spacial score (nSPS) is 14.0. The van der Waals surface area contributed by atoms with Crippen LogP contribution in [-0.2, 0) is 28.6 Å². The van der Waals surface area contributed by atoms with Gasteiger partial charge in [-0.25, -0.2) is 0 Å². The van der Waals surface area contributed by atoms with Gasteiger partial charge in [-0.1, -0.05) is 155 Å². The van der Waals surface area contributed by atoms with E-state index in [1.165, 1.54) is 19.3 Å². The van der Waals surface area contributed by atoms with Gasteiger partial charge in [-0.05, 0) is 70.6 Å². The van der Waals surface area contributed by atoms with Crippen molar-refractivity contribution >= 4 is 17.9 Å². The van der Waals surface area contributed by atoms with E-state index in [1.54, 1.807) is 21.1 Å². The second kappa shape index (κ2) is 39.8. The molecule has 0 spiro atoms. The molecule has 0 rings (SSSR count). The molecule has 0 heterocycles. The van der Waals surface area contributed by atoms with Crippen molar-refractivity contribution in [3.8, 4) is 0 Å². The number of likely N-dealkylation sites (N-methyl/N-ethyl adjacent to an activating group) is 1. The van der Waals surface area contributed by atoms with E-state index in [0.717, 1.165) is 77.0 Å². The predicted molar refractivity (Wildman–Crippen MR) is 240 cm³/mol. The van der Waals surface area contributed by atoms with Gasteiger partial charge in [0, 0.05) is 19.3 Å². The van der Waals surface area contributed by atoms with Crippen molar-refractivity contribution in [2.75, 3.05) is 41.0 Å². The molecule has 0 aliphatic heterocycles. The van der Waals surface area contributed by atoms with Crippen LogP contribution in [0.25, 0.3) is 0 Å². The maximum Gasteiger partial charge on any atom is 0.306 e. The van der Waals surface area contributed by atoms with E-state index in [0.29, 0.717) is 6.42 Å². The highest BCUT2D eigenvalue weighted by atomic mass is 16.6. The summed E-state index contributed by atoms with van der Waals surface area (Å²) in [6.45, 7) is 4.29. The van der Waals surface area contributed by atoms with Gasteiger partial charge in [0.2, 0.25) is 0 Å². The number of esters is 2. The van der Waals surface area contributed by atoms with Crippen LogP contribution in [0.15, 0.2) is 109 Å². The highest BCUT2D eigenvalue weighted by Crippen LogP contribution is 2.12. The lowest BCUT2D eigenvalue weighted by atomic mass is 10.1. The number of hydrogen-bond acceptors (Lipinski definition) is 7. The molecule has 0 fully saturated rings. The molecule has 2 unspecified atom stereocenters. The molecule has 0 saturated carbocycles. The minimum absolute atomic E-state index is 0.00443. The van der Waals surface area contributed by atoms with Crippen molar-refractivity contribution in [1.82, 2.24) is 0 Å². The largest absolute Gasteiger partial charge is 0.544 e. The Kier molecular flexibility index (Phi) is 37.0. The molecule has 326 valence electrons. The Bertz CT molecular complexity index is 1310. The molecule has 0 aromatic carbocycles. The number of carboxylic acid groups (broad SMARTS) is 1. The van der Waals surface area contributed by atoms with Crippen LogP contribution < -0.4 is 5.11 Å². The van der Waals surface area contributed by atoms with E-state index < -0.39 is 18.1 Å². The second-order valence-electron chi connectivity index (χ2n) is 15.2. The van der Waals surface area contributed by atoms with Crippen molar-refractivity contribution in [2.24, 2.45) is 0 Å². The SMILES string of the molecule is CC/C=C/C=C/C=C/CCCCCCCCCC(=O)OC(COCCC(C(=O)[O-])[N+](C)(C)C)COC(=O)CC/C=C/C/C=C/C/C=C/C/C=C/C/C=C/C/C=C/CC. The van der Waals surface area contributed by atoms with Crippen LogP contribution in [-0.4, -0.2) is 75.5 Å². The van der Waals surface area contributed by atoms with Crippen LogP contribution >= 0.6 is 0 Å². The summed E-state index contributed by atoms with van der Waals surface area (Å²) in [4.78, 5) is 36.8. The van der Waals surface area contributed by atoms with E-state index >= 15 is 0 Å².